The van der Waals surface area contributed by atoms with Crippen molar-refractivity contribution >= 4 is 29.4 Å². The number of esters is 1. The first-order chi connectivity index (χ1) is 14.3. The quantitative estimate of drug-likeness (QED) is 0.561. The molecule has 0 aliphatic carbocycles. The third-order valence-electron chi connectivity index (χ3n) is 5.29. The lowest BCUT2D eigenvalue weighted by Crippen LogP contribution is -2.49. The zero-order chi connectivity index (χ0) is 21.8. The maximum Gasteiger partial charge on any atom is 0.330 e. The molecule has 2 atom stereocenters. The van der Waals surface area contributed by atoms with E-state index in [2.05, 4.69) is 5.32 Å². The molecule has 0 saturated carbocycles. The summed E-state index contributed by atoms with van der Waals surface area (Å²) in [5, 5.41) is 2.69. The molecular weight excluding hydrogens is 384 g/mol. The molecule has 0 fully saturated rings. The summed E-state index contributed by atoms with van der Waals surface area (Å²) in [7, 11) is 0. The van der Waals surface area contributed by atoms with E-state index in [-0.39, 0.29) is 17.0 Å². The molecule has 1 aliphatic heterocycles. The number of benzene rings is 2. The van der Waals surface area contributed by atoms with Gasteiger partial charge in [-0.15, -0.1) is 0 Å². The van der Waals surface area contributed by atoms with Gasteiger partial charge in [0.1, 0.15) is 6.04 Å². The van der Waals surface area contributed by atoms with Crippen molar-refractivity contribution in [2.75, 3.05) is 11.9 Å². The van der Waals surface area contributed by atoms with Gasteiger partial charge in [0.15, 0.2) is 6.61 Å². The van der Waals surface area contributed by atoms with Crippen molar-refractivity contribution in [1.82, 2.24) is 4.90 Å². The molecule has 7 nitrogen and oxygen atoms in total. The predicted octanol–water partition coefficient (Wildman–Crippen LogP) is 3.19. The van der Waals surface area contributed by atoms with Crippen molar-refractivity contribution < 1.29 is 23.9 Å². The number of amides is 3. The second-order valence-corrected chi connectivity index (χ2v) is 7.33. The van der Waals surface area contributed by atoms with Crippen LogP contribution in [0, 0.1) is 12.8 Å². The molecule has 1 heterocycles. The number of ether oxygens (including phenoxy) is 1. The Hall–Kier alpha value is -3.48. The highest BCUT2D eigenvalue weighted by molar-refractivity contribution is 6.22. The average molecular weight is 408 g/mol. The molecule has 1 aliphatic rings. The highest BCUT2D eigenvalue weighted by Crippen LogP contribution is 2.28. The van der Waals surface area contributed by atoms with Crippen LogP contribution < -0.4 is 5.32 Å². The molecule has 3 amide bonds. The second-order valence-electron chi connectivity index (χ2n) is 7.33. The number of rotatable bonds is 7. The number of nitrogens with one attached hydrogen (secondary N) is 1. The normalized spacial score (nSPS) is 14.8. The Balaban J connectivity index is 1.73. The standard InChI is InChI=1S/C23H24N2O5/c1-4-14(2)20(25-21(27)16-10-6-7-11-17(16)22(25)28)23(29)30-13-19(26)24-18-12-8-5-9-15(18)3/h5-12,14,20H,4,13H2,1-3H3,(H,24,26)/t14-,20-/m0/s1. The molecule has 0 aromatic heterocycles. The van der Waals surface area contributed by atoms with Gasteiger partial charge in [-0.25, -0.2) is 4.79 Å². The Labute approximate surface area is 175 Å². The van der Waals surface area contributed by atoms with Crippen LogP contribution in [-0.4, -0.2) is 41.2 Å². The molecule has 0 saturated heterocycles. The van der Waals surface area contributed by atoms with Gasteiger partial charge >= 0.3 is 5.97 Å². The smallest absolute Gasteiger partial charge is 0.330 e. The lowest BCUT2D eigenvalue weighted by Gasteiger charge is -2.28. The minimum absolute atomic E-state index is 0.265. The first kappa shape index (κ1) is 21.2. The van der Waals surface area contributed by atoms with Crippen LogP contribution >= 0.6 is 0 Å². The summed E-state index contributed by atoms with van der Waals surface area (Å²) in [4.78, 5) is 51.6. The van der Waals surface area contributed by atoms with Gasteiger partial charge in [-0.05, 0) is 36.6 Å². The van der Waals surface area contributed by atoms with Gasteiger partial charge in [0.05, 0.1) is 11.1 Å². The monoisotopic (exact) mass is 408 g/mol. The molecule has 3 rings (SSSR count). The Morgan fingerprint density at radius 1 is 1.00 bits per heavy atom. The largest absolute Gasteiger partial charge is 0.454 e. The van der Waals surface area contributed by atoms with Gasteiger partial charge < -0.3 is 10.1 Å². The minimum Gasteiger partial charge on any atom is -0.454 e. The first-order valence-electron chi connectivity index (χ1n) is 9.84. The molecule has 156 valence electrons. The van der Waals surface area contributed by atoms with Gasteiger partial charge in [-0.3, -0.25) is 19.3 Å². The number of carbonyl (C=O) groups is 4. The third kappa shape index (κ3) is 4.10. The molecular formula is C23H24N2O5. The van der Waals surface area contributed by atoms with Crippen molar-refractivity contribution in [1.29, 1.82) is 0 Å². The van der Waals surface area contributed by atoms with E-state index in [0.29, 0.717) is 12.1 Å². The zero-order valence-corrected chi connectivity index (χ0v) is 17.2. The number of anilines is 1. The lowest BCUT2D eigenvalue weighted by molar-refractivity contribution is -0.152. The van der Waals surface area contributed by atoms with E-state index >= 15 is 0 Å². The Morgan fingerprint density at radius 3 is 2.13 bits per heavy atom. The van der Waals surface area contributed by atoms with E-state index in [1.54, 1.807) is 43.3 Å². The molecule has 7 heteroatoms. The van der Waals surface area contributed by atoms with Gasteiger partial charge in [-0.2, -0.15) is 0 Å². The third-order valence-corrected chi connectivity index (χ3v) is 5.29. The van der Waals surface area contributed by atoms with Crippen LogP contribution in [0.25, 0.3) is 0 Å². The zero-order valence-electron chi connectivity index (χ0n) is 17.2. The highest BCUT2D eigenvalue weighted by Gasteiger charge is 2.45. The fourth-order valence-electron chi connectivity index (χ4n) is 3.40. The summed E-state index contributed by atoms with van der Waals surface area (Å²) in [5.74, 6) is -2.66. The van der Waals surface area contributed by atoms with Crippen molar-refractivity contribution in [2.24, 2.45) is 5.92 Å². The minimum atomic E-state index is -1.10. The predicted molar refractivity (Wildman–Crippen MR) is 111 cm³/mol. The van der Waals surface area contributed by atoms with Crippen molar-refractivity contribution in [3.05, 3.63) is 65.2 Å². The lowest BCUT2D eigenvalue weighted by atomic mass is 9.97. The summed E-state index contributed by atoms with van der Waals surface area (Å²) in [6.45, 7) is 4.96. The van der Waals surface area contributed by atoms with Gasteiger partial charge in [0, 0.05) is 5.69 Å². The van der Waals surface area contributed by atoms with Crippen molar-refractivity contribution in [3.8, 4) is 0 Å². The highest BCUT2D eigenvalue weighted by atomic mass is 16.5. The molecule has 2 aromatic carbocycles. The number of imide groups is 1. The van der Waals surface area contributed by atoms with Crippen LogP contribution in [0.3, 0.4) is 0 Å². The fraction of sp³-hybridized carbons (Fsp3) is 0.304. The van der Waals surface area contributed by atoms with E-state index in [1.807, 2.05) is 26.0 Å². The maximum absolute atomic E-state index is 12.8. The average Bonchev–Trinajstić information content (AvgIpc) is 2.99. The van der Waals surface area contributed by atoms with Gasteiger partial charge in [0.25, 0.3) is 17.7 Å². The molecule has 0 radical (unpaired) electrons. The van der Waals surface area contributed by atoms with E-state index in [9.17, 15) is 19.2 Å². The summed E-state index contributed by atoms with van der Waals surface area (Å²) in [6, 6.07) is 12.6. The Bertz CT molecular complexity index is 966. The topological polar surface area (TPSA) is 92.8 Å². The maximum atomic E-state index is 12.8. The number of fused-ring (bicyclic) bond motifs is 1. The van der Waals surface area contributed by atoms with Gasteiger partial charge in [0.2, 0.25) is 0 Å². The van der Waals surface area contributed by atoms with Crippen LogP contribution in [0.4, 0.5) is 5.69 Å². The number of carbonyl (C=O) groups excluding carboxylic acids is 4. The SMILES string of the molecule is CC[C@H](C)[C@@H](C(=O)OCC(=O)Nc1ccccc1C)N1C(=O)c2ccccc2C1=O. The van der Waals surface area contributed by atoms with Crippen molar-refractivity contribution in [3.63, 3.8) is 0 Å². The molecule has 0 bridgehead atoms. The van der Waals surface area contributed by atoms with Crippen molar-refractivity contribution in [2.45, 2.75) is 33.2 Å². The van der Waals surface area contributed by atoms with E-state index in [0.717, 1.165) is 10.5 Å². The summed E-state index contributed by atoms with van der Waals surface area (Å²) < 4.78 is 5.21. The Morgan fingerprint density at radius 2 is 1.57 bits per heavy atom. The summed E-state index contributed by atoms with van der Waals surface area (Å²) in [6.07, 6.45) is 0.544. The number of nitrogens with zero attached hydrogens (tertiary/aromatic N) is 1. The van der Waals surface area contributed by atoms with E-state index < -0.39 is 36.3 Å². The van der Waals surface area contributed by atoms with Crippen LogP contribution in [0.5, 0.6) is 0 Å². The van der Waals surface area contributed by atoms with Gasteiger partial charge in [-0.1, -0.05) is 50.6 Å². The van der Waals surface area contributed by atoms with Crippen LogP contribution in [0.15, 0.2) is 48.5 Å². The number of hydrogen-bond donors (Lipinski definition) is 1. The fourth-order valence-corrected chi connectivity index (χ4v) is 3.40. The molecule has 0 spiro atoms. The molecule has 2 aromatic rings. The van der Waals surface area contributed by atoms with Crippen LogP contribution in [0.2, 0.25) is 0 Å². The number of para-hydroxylation sites is 1. The van der Waals surface area contributed by atoms with E-state index in [1.165, 1.54) is 0 Å². The van der Waals surface area contributed by atoms with Crippen LogP contribution in [-0.2, 0) is 14.3 Å². The molecule has 1 N–H and O–H groups in total. The number of hydrogen-bond acceptors (Lipinski definition) is 5. The molecule has 0 unspecified atom stereocenters. The van der Waals surface area contributed by atoms with Crippen LogP contribution in [0.1, 0.15) is 46.5 Å². The second kappa shape index (κ2) is 8.90. The molecule has 30 heavy (non-hydrogen) atoms. The Kier molecular flexibility index (Phi) is 6.30. The summed E-state index contributed by atoms with van der Waals surface area (Å²) >= 11 is 0. The van der Waals surface area contributed by atoms with E-state index in [4.69, 9.17) is 4.74 Å². The first-order valence-corrected chi connectivity index (χ1v) is 9.84. The summed E-state index contributed by atoms with van der Waals surface area (Å²) in [5.41, 5.74) is 2.03. The number of aryl methyl sites for hydroxylation is 1.